The number of hydrogen-bond donors (Lipinski definition) is 1. The van der Waals surface area contributed by atoms with Gasteiger partial charge in [-0.2, -0.15) is 0 Å². The monoisotopic (exact) mass is 268 g/mol. The quantitative estimate of drug-likeness (QED) is 0.441. The van der Waals surface area contributed by atoms with Crippen LogP contribution in [0.4, 0.5) is 5.69 Å². The van der Waals surface area contributed by atoms with E-state index in [9.17, 15) is 14.9 Å². The van der Waals surface area contributed by atoms with Crippen LogP contribution < -0.4 is 4.74 Å². The Kier molecular flexibility index (Phi) is 5.72. The molecular weight excluding hydrogens is 252 g/mol. The molecule has 1 N–H and O–H groups in total. The minimum atomic E-state index is -1.24. The normalized spacial score (nSPS) is 10.2. The molecule has 0 radical (unpaired) electrons. The van der Waals surface area contributed by atoms with Crippen molar-refractivity contribution < 1.29 is 19.6 Å². The summed E-state index contributed by atoms with van der Waals surface area (Å²) in [4.78, 5) is 24.5. The number of nitro groups is 1. The molecule has 19 heavy (non-hydrogen) atoms. The molecule has 7 heteroatoms. The second-order valence-corrected chi connectivity index (χ2v) is 3.99. The average molecular weight is 268 g/mol. The molecule has 0 amide bonds. The van der Waals surface area contributed by atoms with Gasteiger partial charge in [-0.25, -0.2) is 9.78 Å². The third kappa shape index (κ3) is 4.53. The molecule has 1 rings (SSSR count). The number of carboxylic acid groups (broad SMARTS) is 1. The molecule has 0 aromatic carbocycles. The third-order valence-electron chi connectivity index (χ3n) is 2.49. The fourth-order valence-corrected chi connectivity index (χ4v) is 1.50. The highest BCUT2D eigenvalue weighted by atomic mass is 16.6. The van der Waals surface area contributed by atoms with E-state index in [0.717, 1.165) is 37.8 Å². The fourth-order valence-electron chi connectivity index (χ4n) is 1.50. The van der Waals surface area contributed by atoms with Gasteiger partial charge in [0.15, 0.2) is 5.69 Å². The van der Waals surface area contributed by atoms with E-state index in [0.29, 0.717) is 0 Å². The Bertz CT molecular complexity index is 461. The van der Waals surface area contributed by atoms with Crippen LogP contribution in [0.15, 0.2) is 12.1 Å². The van der Waals surface area contributed by atoms with Gasteiger partial charge in [0.2, 0.25) is 0 Å². The van der Waals surface area contributed by atoms with Crippen molar-refractivity contribution in [3.63, 3.8) is 0 Å². The van der Waals surface area contributed by atoms with E-state index in [4.69, 9.17) is 9.84 Å². The summed E-state index contributed by atoms with van der Waals surface area (Å²) in [5.74, 6) is -1.48. The van der Waals surface area contributed by atoms with Gasteiger partial charge in [0.05, 0.1) is 11.5 Å². The minimum absolute atomic E-state index is 0.235. The maximum Gasteiger partial charge on any atom is 0.354 e. The molecule has 0 atom stereocenters. The Morgan fingerprint density at radius 2 is 2.16 bits per heavy atom. The van der Waals surface area contributed by atoms with E-state index >= 15 is 0 Å². The molecule has 0 unspecified atom stereocenters. The lowest BCUT2D eigenvalue weighted by Crippen LogP contribution is -2.07. The van der Waals surface area contributed by atoms with E-state index in [-0.39, 0.29) is 23.9 Å². The van der Waals surface area contributed by atoms with Crippen molar-refractivity contribution in [2.24, 2.45) is 0 Å². The number of carbonyl (C=O) groups is 1. The van der Waals surface area contributed by atoms with E-state index in [2.05, 4.69) is 11.9 Å². The maximum absolute atomic E-state index is 10.8. The van der Waals surface area contributed by atoms with Gasteiger partial charge in [-0.15, -0.1) is 0 Å². The first-order chi connectivity index (χ1) is 9.06. The number of pyridine rings is 1. The Morgan fingerprint density at radius 1 is 1.42 bits per heavy atom. The molecule has 0 aliphatic carbocycles. The predicted octanol–water partition coefficient (Wildman–Crippen LogP) is 2.65. The van der Waals surface area contributed by atoms with Gasteiger partial charge in [-0.3, -0.25) is 10.1 Å². The van der Waals surface area contributed by atoms with Crippen molar-refractivity contribution >= 4 is 11.7 Å². The second kappa shape index (κ2) is 7.30. The van der Waals surface area contributed by atoms with Crippen LogP contribution in [-0.4, -0.2) is 27.6 Å². The zero-order chi connectivity index (χ0) is 14.3. The number of carboxylic acids is 1. The number of nitrogens with zero attached hydrogens (tertiary/aromatic N) is 2. The summed E-state index contributed by atoms with van der Waals surface area (Å²) < 4.78 is 5.22. The van der Waals surface area contributed by atoms with Gasteiger partial charge in [0, 0.05) is 6.07 Å². The summed E-state index contributed by atoms with van der Waals surface area (Å²) in [5.41, 5.74) is -0.588. The Hall–Kier alpha value is -2.18. The van der Waals surface area contributed by atoms with Crippen LogP contribution in [0.25, 0.3) is 0 Å². The van der Waals surface area contributed by atoms with Crippen molar-refractivity contribution in [3.8, 4) is 5.88 Å². The number of hydrogen-bond acceptors (Lipinski definition) is 5. The molecule has 1 heterocycles. The molecular formula is C12H16N2O5. The highest BCUT2D eigenvalue weighted by Gasteiger charge is 2.19. The highest BCUT2D eigenvalue weighted by Crippen LogP contribution is 2.24. The Balaban J connectivity index is 2.74. The SMILES string of the molecule is CCCCCCOc1nc(C(=O)O)ccc1[N+](=O)[O-]. The molecule has 7 nitrogen and oxygen atoms in total. The van der Waals surface area contributed by atoms with E-state index in [1.807, 2.05) is 0 Å². The van der Waals surface area contributed by atoms with Crippen molar-refractivity contribution in [1.82, 2.24) is 4.98 Å². The van der Waals surface area contributed by atoms with Gasteiger partial charge < -0.3 is 9.84 Å². The Labute approximate surface area is 110 Å². The van der Waals surface area contributed by atoms with Gasteiger partial charge >= 0.3 is 11.7 Å². The smallest absolute Gasteiger partial charge is 0.354 e. The number of unbranched alkanes of at least 4 members (excludes halogenated alkanes) is 3. The lowest BCUT2D eigenvalue weighted by molar-refractivity contribution is -0.386. The first kappa shape index (κ1) is 14.9. The van der Waals surface area contributed by atoms with Crippen molar-refractivity contribution in [2.45, 2.75) is 32.6 Å². The zero-order valence-electron chi connectivity index (χ0n) is 10.7. The Morgan fingerprint density at radius 3 is 2.74 bits per heavy atom. The number of aromatic nitrogens is 1. The lowest BCUT2D eigenvalue weighted by Gasteiger charge is -2.06. The van der Waals surface area contributed by atoms with E-state index < -0.39 is 10.9 Å². The van der Waals surface area contributed by atoms with Gasteiger partial charge in [0.1, 0.15) is 0 Å². The molecule has 0 saturated heterocycles. The first-order valence-electron chi connectivity index (χ1n) is 6.07. The molecule has 0 saturated carbocycles. The molecule has 0 aliphatic rings. The fraction of sp³-hybridized carbons (Fsp3) is 0.500. The highest BCUT2D eigenvalue weighted by molar-refractivity contribution is 5.85. The number of ether oxygens (including phenoxy) is 1. The average Bonchev–Trinajstić information content (AvgIpc) is 2.38. The third-order valence-corrected chi connectivity index (χ3v) is 2.49. The van der Waals surface area contributed by atoms with Crippen LogP contribution in [0.3, 0.4) is 0 Å². The molecule has 0 aliphatic heterocycles. The minimum Gasteiger partial charge on any atom is -0.477 e. The van der Waals surface area contributed by atoms with Gasteiger partial charge in [-0.05, 0) is 12.5 Å². The van der Waals surface area contributed by atoms with Crippen LogP contribution in [0, 0.1) is 10.1 Å². The van der Waals surface area contributed by atoms with Crippen molar-refractivity contribution in [1.29, 1.82) is 0 Å². The lowest BCUT2D eigenvalue weighted by atomic mass is 10.2. The predicted molar refractivity (Wildman–Crippen MR) is 67.5 cm³/mol. The number of rotatable bonds is 8. The van der Waals surface area contributed by atoms with Crippen LogP contribution >= 0.6 is 0 Å². The van der Waals surface area contributed by atoms with Crippen molar-refractivity contribution in [3.05, 3.63) is 27.9 Å². The molecule has 1 aromatic heterocycles. The standard InChI is InChI=1S/C12H16N2O5/c1-2-3-4-5-8-19-11-10(14(17)18)7-6-9(13-11)12(15)16/h6-7H,2-5,8H2,1H3,(H,15,16). The van der Waals surface area contributed by atoms with Crippen LogP contribution in [0.5, 0.6) is 5.88 Å². The molecule has 0 fully saturated rings. The maximum atomic E-state index is 10.8. The second-order valence-electron chi connectivity index (χ2n) is 3.99. The van der Waals surface area contributed by atoms with E-state index in [1.54, 1.807) is 0 Å². The first-order valence-corrected chi connectivity index (χ1v) is 6.07. The van der Waals surface area contributed by atoms with E-state index in [1.165, 1.54) is 0 Å². The van der Waals surface area contributed by atoms with Gasteiger partial charge in [0.25, 0.3) is 5.88 Å². The summed E-state index contributed by atoms with van der Waals surface area (Å²) in [6.07, 6.45) is 3.85. The molecule has 0 bridgehead atoms. The molecule has 0 spiro atoms. The summed E-state index contributed by atoms with van der Waals surface area (Å²) in [5, 5.41) is 19.6. The summed E-state index contributed by atoms with van der Waals surface area (Å²) in [7, 11) is 0. The zero-order valence-corrected chi connectivity index (χ0v) is 10.7. The van der Waals surface area contributed by atoms with Crippen molar-refractivity contribution in [2.75, 3.05) is 6.61 Å². The summed E-state index contributed by atoms with van der Waals surface area (Å²) in [6.45, 7) is 2.36. The summed E-state index contributed by atoms with van der Waals surface area (Å²) >= 11 is 0. The number of aromatic carboxylic acids is 1. The van der Waals surface area contributed by atoms with Crippen LogP contribution in [-0.2, 0) is 0 Å². The summed E-state index contributed by atoms with van der Waals surface area (Å²) in [6, 6.07) is 2.18. The van der Waals surface area contributed by atoms with Crippen LogP contribution in [0.2, 0.25) is 0 Å². The molecule has 1 aromatic rings. The topological polar surface area (TPSA) is 103 Å². The van der Waals surface area contributed by atoms with Gasteiger partial charge in [-0.1, -0.05) is 26.2 Å². The largest absolute Gasteiger partial charge is 0.477 e. The molecule has 104 valence electrons. The van der Waals surface area contributed by atoms with Crippen LogP contribution in [0.1, 0.15) is 43.1 Å².